The van der Waals surface area contributed by atoms with Crippen molar-refractivity contribution in [1.29, 1.82) is 0 Å². The van der Waals surface area contributed by atoms with Crippen LogP contribution in [0.5, 0.6) is 0 Å². The predicted octanol–water partition coefficient (Wildman–Crippen LogP) is 6.09. The SMILES string of the molecule is CSC1=C(C(=O)c2ccc(Br)cc2)C(c2ccc([N+](=O)[O-])cc2)NC(=O)N1c1ccccc1. The minimum absolute atomic E-state index is 0.0679. The number of nitrogens with zero attached hydrogens (tertiary/aromatic N) is 2. The first-order valence-electron chi connectivity index (χ1n) is 9.89. The molecule has 9 heteroatoms. The third-order valence-electron chi connectivity index (χ3n) is 5.19. The molecule has 1 atom stereocenters. The Hall–Kier alpha value is -3.43. The normalized spacial score (nSPS) is 15.9. The number of urea groups is 1. The topological polar surface area (TPSA) is 92.5 Å². The molecule has 0 saturated carbocycles. The monoisotopic (exact) mass is 523 g/mol. The van der Waals surface area contributed by atoms with Crippen LogP contribution in [0.3, 0.4) is 0 Å². The van der Waals surface area contributed by atoms with Gasteiger partial charge in [0.2, 0.25) is 0 Å². The first kappa shape index (κ1) is 22.8. The highest BCUT2D eigenvalue weighted by molar-refractivity contribution is 9.10. The van der Waals surface area contributed by atoms with Crippen molar-refractivity contribution in [2.75, 3.05) is 11.2 Å². The molecule has 1 heterocycles. The highest BCUT2D eigenvalue weighted by atomic mass is 79.9. The number of hydrogen-bond acceptors (Lipinski definition) is 5. The summed E-state index contributed by atoms with van der Waals surface area (Å²) in [5.74, 6) is -0.240. The lowest BCUT2D eigenvalue weighted by Gasteiger charge is -2.36. The standard InChI is InChI=1S/C24H18BrN3O4S/c1-33-23-20(22(29)16-7-11-17(25)12-8-16)21(15-9-13-19(14-10-15)28(31)32)26-24(30)27(23)18-5-3-2-4-6-18/h2-14,21H,1H3,(H,26,30). The van der Waals surface area contributed by atoms with Gasteiger partial charge in [-0.05, 0) is 60.4 Å². The van der Waals surface area contributed by atoms with E-state index in [0.717, 1.165) is 4.47 Å². The maximum Gasteiger partial charge on any atom is 0.327 e. The molecule has 0 bridgehead atoms. The zero-order valence-corrected chi connectivity index (χ0v) is 19.8. The fraction of sp³-hybridized carbons (Fsp3) is 0.0833. The van der Waals surface area contributed by atoms with Crippen LogP contribution >= 0.6 is 27.7 Å². The van der Waals surface area contributed by atoms with Crippen LogP contribution in [0.15, 0.2) is 93.9 Å². The second kappa shape index (κ2) is 9.60. The Morgan fingerprint density at radius 1 is 1.03 bits per heavy atom. The Labute approximate surface area is 202 Å². The molecule has 33 heavy (non-hydrogen) atoms. The number of anilines is 1. The van der Waals surface area contributed by atoms with E-state index in [9.17, 15) is 19.7 Å². The fourth-order valence-electron chi connectivity index (χ4n) is 3.63. The summed E-state index contributed by atoms with van der Waals surface area (Å²) < 4.78 is 0.841. The van der Waals surface area contributed by atoms with Crippen molar-refractivity contribution in [3.8, 4) is 0 Å². The summed E-state index contributed by atoms with van der Waals surface area (Å²) in [4.78, 5) is 39.0. The number of nitro benzene ring substituents is 1. The number of rotatable bonds is 6. The molecule has 0 aliphatic carbocycles. The van der Waals surface area contributed by atoms with Crippen LogP contribution in [0.25, 0.3) is 0 Å². The number of non-ortho nitro benzene ring substituents is 1. The quantitative estimate of drug-likeness (QED) is 0.240. The Morgan fingerprint density at radius 3 is 2.24 bits per heavy atom. The lowest BCUT2D eigenvalue weighted by molar-refractivity contribution is -0.384. The molecular weight excluding hydrogens is 506 g/mol. The number of para-hydroxylation sites is 1. The molecule has 1 N–H and O–H groups in total. The molecule has 0 fully saturated rings. The summed E-state index contributed by atoms with van der Waals surface area (Å²) in [7, 11) is 0. The fourth-order valence-corrected chi connectivity index (χ4v) is 4.70. The van der Waals surface area contributed by atoms with Crippen LogP contribution in [0.2, 0.25) is 0 Å². The van der Waals surface area contributed by atoms with Gasteiger partial charge in [0.25, 0.3) is 5.69 Å². The molecule has 0 aromatic heterocycles. The second-order valence-electron chi connectivity index (χ2n) is 7.16. The number of Topliss-reactive ketones (excluding diaryl/α,β-unsaturated/α-hetero) is 1. The Kier molecular flexibility index (Phi) is 6.62. The number of amides is 2. The molecule has 2 amide bonds. The first-order chi connectivity index (χ1) is 15.9. The van der Waals surface area contributed by atoms with Gasteiger partial charge in [-0.2, -0.15) is 0 Å². The average molecular weight is 524 g/mol. The van der Waals surface area contributed by atoms with E-state index in [2.05, 4.69) is 21.2 Å². The highest BCUT2D eigenvalue weighted by Crippen LogP contribution is 2.39. The van der Waals surface area contributed by atoms with Crippen molar-refractivity contribution in [1.82, 2.24) is 5.32 Å². The van der Waals surface area contributed by atoms with Crippen molar-refractivity contribution >= 4 is 50.9 Å². The van der Waals surface area contributed by atoms with Crippen LogP contribution in [0.1, 0.15) is 22.0 Å². The van der Waals surface area contributed by atoms with Crippen LogP contribution in [0.4, 0.5) is 16.2 Å². The number of thioether (sulfide) groups is 1. The molecule has 1 unspecified atom stereocenters. The number of halogens is 1. The average Bonchev–Trinajstić information content (AvgIpc) is 2.84. The third-order valence-corrected chi connectivity index (χ3v) is 6.51. The minimum atomic E-state index is -0.767. The molecule has 7 nitrogen and oxygen atoms in total. The number of nitrogens with one attached hydrogen (secondary N) is 1. The zero-order valence-electron chi connectivity index (χ0n) is 17.4. The van der Waals surface area contributed by atoms with E-state index in [1.54, 1.807) is 48.5 Å². The predicted molar refractivity (Wildman–Crippen MR) is 132 cm³/mol. The molecule has 166 valence electrons. The van der Waals surface area contributed by atoms with Gasteiger partial charge < -0.3 is 5.32 Å². The van der Waals surface area contributed by atoms with Crippen molar-refractivity contribution in [3.05, 3.63) is 115 Å². The number of benzene rings is 3. The summed E-state index contributed by atoms with van der Waals surface area (Å²) >= 11 is 4.68. The Balaban J connectivity index is 1.90. The molecule has 4 rings (SSSR count). The second-order valence-corrected chi connectivity index (χ2v) is 8.87. The first-order valence-corrected chi connectivity index (χ1v) is 11.9. The van der Waals surface area contributed by atoms with Gasteiger partial charge in [0.1, 0.15) is 0 Å². The summed E-state index contributed by atoms with van der Waals surface area (Å²) in [6, 6.07) is 20.8. The van der Waals surface area contributed by atoms with Gasteiger partial charge in [0, 0.05) is 22.2 Å². The van der Waals surface area contributed by atoms with Gasteiger partial charge in [-0.15, -0.1) is 11.8 Å². The maximum absolute atomic E-state index is 13.8. The van der Waals surface area contributed by atoms with E-state index in [4.69, 9.17) is 0 Å². The molecular formula is C24H18BrN3O4S. The number of nitro groups is 1. The van der Waals surface area contributed by atoms with Crippen LogP contribution in [-0.4, -0.2) is 23.0 Å². The maximum atomic E-state index is 13.8. The molecule has 0 saturated heterocycles. The van der Waals surface area contributed by atoms with Crippen LogP contribution in [-0.2, 0) is 0 Å². The summed E-state index contributed by atoms with van der Waals surface area (Å²) in [5, 5.41) is 14.5. The van der Waals surface area contributed by atoms with E-state index < -0.39 is 11.0 Å². The number of hydrogen-bond donors (Lipinski definition) is 1. The van der Waals surface area contributed by atoms with E-state index in [0.29, 0.717) is 27.4 Å². The lowest BCUT2D eigenvalue weighted by Crippen LogP contribution is -2.48. The highest BCUT2D eigenvalue weighted by Gasteiger charge is 2.38. The van der Waals surface area contributed by atoms with Crippen LogP contribution in [0, 0.1) is 10.1 Å². The Morgan fingerprint density at radius 2 is 1.67 bits per heavy atom. The van der Waals surface area contributed by atoms with Gasteiger partial charge >= 0.3 is 6.03 Å². The van der Waals surface area contributed by atoms with Gasteiger partial charge in [0.05, 0.1) is 27.3 Å². The minimum Gasteiger partial charge on any atom is -0.326 e. The lowest BCUT2D eigenvalue weighted by atomic mass is 9.91. The van der Waals surface area contributed by atoms with Crippen molar-refractivity contribution < 1.29 is 14.5 Å². The van der Waals surface area contributed by atoms with Gasteiger partial charge in [-0.3, -0.25) is 19.8 Å². The summed E-state index contributed by atoms with van der Waals surface area (Å²) in [6.45, 7) is 0. The summed E-state index contributed by atoms with van der Waals surface area (Å²) in [5.41, 5.74) is 2.00. The largest absolute Gasteiger partial charge is 0.327 e. The van der Waals surface area contributed by atoms with E-state index in [-0.39, 0.29) is 17.5 Å². The molecule has 3 aromatic rings. The van der Waals surface area contributed by atoms with Crippen molar-refractivity contribution in [2.45, 2.75) is 6.04 Å². The molecule has 0 spiro atoms. The number of carbonyl (C=O) groups excluding carboxylic acids is 2. The zero-order chi connectivity index (χ0) is 23.5. The Bertz CT molecular complexity index is 1240. The van der Waals surface area contributed by atoms with Gasteiger partial charge in [-0.25, -0.2) is 4.79 Å². The number of ketones is 1. The van der Waals surface area contributed by atoms with Crippen molar-refractivity contribution in [3.63, 3.8) is 0 Å². The molecule has 0 radical (unpaired) electrons. The van der Waals surface area contributed by atoms with Gasteiger partial charge in [0.15, 0.2) is 5.78 Å². The van der Waals surface area contributed by atoms with Gasteiger partial charge in [-0.1, -0.05) is 34.1 Å². The molecule has 3 aromatic carbocycles. The van der Waals surface area contributed by atoms with E-state index in [1.807, 2.05) is 24.5 Å². The summed E-state index contributed by atoms with van der Waals surface area (Å²) in [6.07, 6.45) is 1.81. The smallest absolute Gasteiger partial charge is 0.326 e. The van der Waals surface area contributed by atoms with E-state index in [1.165, 1.54) is 28.8 Å². The van der Waals surface area contributed by atoms with Crippen LogP contribution < -0.4 is 10.2 Å². The number of carbonyl (C=O) groups is 2. The molecule has 1 aliphatic rings. The van der Waals surface area contributed by atoms with E-state index >= 15 is 0 Å². The third kappa shape index (κ3) is 4.55. The van der Waals surface area contributed by atoms with Crippen molar-refractivity contribution in [2.24, 2.45) is 0 Å². The molecule has 1 aliphatic heterocycles.